The maximum atomic E-state index is 12.2. The molecule has 1 heterocycles. The van der Waals surface area contributed by atoms with Gasteiger partial charge < -0.3 is 15.7 Å². The molecule has 1 aromatic carbocycles. The standard InChI is InChI=1S/C16H22N2O3/c1-11-9-13(7-8-17-11)15(19)18-10-14(16(20)21)12-5-3-2-4-6-12/h2-6,11,13-14,17H,7-10H2,1H3,(H,18,19)(H,20,21). The van der Waals surface area contributed by atoms with Crippen molar-refractivity contribution in [1.29, 1.82) is 0 Å². The van der Waals surface area contributed by atoms with Crippen LogP contribution in [-0.4, -0.2) is 36.1 Å². The van der Waals surface area contributed by atoms with Crippen molar-refractivity contribution < 1.29 is 14.7 Å². The summed E-state index contributed by atoms with van der Waals surface area (Å²) in [7, 11) is 0. The first-order valence-corrected chi connectivity index (χ1v) is 7.36. The minimum Gasteiger partial charge on any atom is -0.481 e. The average Bonchev–Trinajstić information content (AvgIpc) is 2.48. The SMILES string of the molecule is CC1CC(C(=O)NCC(C(=O)O)c2ccccc2)CCN1. The molecule has 5 heteroatoms. The van der Waals surface area contributed by atoms with Crippen LogP contribution < -0.4 is 10.6 Å². The zero-order chi connectivity index (χ0) is 15.2. The fourth-order valence-electron chi connectivity index (χ4n) is 2.75. The van der Waals surface area contributed by atoms with E-state index < -0.39 is 11.9 Å². The van der Waals surface area contributed by atoms with E-state index in [1.807, 2.05) is 18.2 Å². The summed E-state index contributed by atoms with van der Waals surface area (Å²) in [5.41, 5.74) is 0.712. The summed E-state index contributed by atoms with van der Waals surface area (Å²) >= 11 is 0. The highest BCUT2D eigenvalue weighted by Gasteiger charge is 2.26. The number of hydrogen-bond donors (Lipinski definition) is 3. The zero-order valence-corrected chi connectivity index (χ0v) is 12.2. The maximum Gasteiger partial charge on any atom is 0.312 e. The second kappa shape index (κ2) is 7.22. The molecule has 114 valence electrons. The number of nitrogens with one attached hydrogen (secondary N) is 2. The van der Waals surface area contributed by atoms with E-state index >= 15 is 0 Å². The molecule has 1 aromatic rings. The summed E-state index contributed by atoms with van der Waals surface area (Å²) in [6.45, 7) is 3.03. The Hall–Kier alpha value is -1.88. The zero-order valence-electron chi connectivity index (χ0n) is 12.2. The fourth-order valence-corrected chi connectivity index (χ4v) is 2.75. The van der Waals surface area contributed by atoms with Crippen molar-refractivity contribution in [2.75, 3.05) is 13.1 Å². The molecule has 0 radical (unpaired) electrons. The molecule has 1 fully saturated rings. The van der Waals surface area contributed by atoms with Gasteiger partial charge in [0.05, 0.1) is 5.92 Å². The Kier molecular flexibility index (Phi) is 5.33. The fraction of sp³-hybridized carbons (Fsp3) is 0.500. The van der Waals surface area contributed by atoms with Crippen LogP contribution in [0.2, 0.25) is 0 Å². The van der Waals surface area contributed by atoms with Gasteiger partial charge in [0.2, 0.25) is 5.91 Å². The molecule has 0 saturated carbocycles. The predicted octanol–water partition coefficient (Wildman–Crippen LogP) is 1.36. The minimum absolute atomic E-state index is 0.0218. The Morgan fingerprint density at radius 3 is 2.71 bits per heavy atom. The number of carboxylic acids is 1. The van der Waals surface area contributed by atoms with E-state index in [0.717, 1.165) is 19.4 Å². The van der Waals surface area contributed by atoms with Gasteiger partial charge in [0, 0.05) is 18.5 Å². The van der Waals surface area contributed by atoms with Gasteiger partial charge >= 0.3 is 5.97 Å². The molecule has 3 atom stereocenters. The lowest BCUT2D eigenvalue weighted by atomic mass is 9.92. The summed E-state index contributed by atoms with van der Waals surface area (Å²) < 4.78 is 0. The van der Waals surface area contributed by atoms with E-state index in [9.17, 15) is 14.7 Å². The first-order chi connectivity index (χ1) is 10.1. The highest BCUT2D eigenvalue weighted by molar-refractivity contribution is 5.81. The van der Waals surface area contributed by atoms with Crippen LogP contribution in [0.5, 0.6) is 0 Å². The maximum absolute atomic E-state index is 12.2. The molecular weight excluding hydrogens is 268 g/mol. The van der Waals surface area contributed by atoms with Crippen molar-refractivity contribution in [2.45, 2.75) is 31.7 Å². The second-order valence-electron chi connectivity index (χ2n) is 5.62. The third-order valence-corrected chi connectivity index (χ3v) is 3.97. The van der Waals surface area contributed by atoms with Crippen molar-refractivity contribution in [2.24, 2.45) is 5.92 Å². The van der Waals surface area contributed by atoms with Gasteiger partial charge in [0.1, 0.15) is 0 Å². The van der Waals surface area contributed by atoms with E-state index in [0.29, 0.717) is 11.6 Å². The lowest BCUT2D eigenvalue weighted by molar-refractivity contribution is -0.138. The van der Waals surface area contributed by atoms with Crippen molar-refractivity contribution in [3.05, 3.63) is 35.9 Å². The van der Waals surface area contributed by atoms with Gasteiger partial charge in [-0.25, -0.2) is 0 Å². The number of rotatable bonds is 5. The molecule has 21 heavy (non-hydrogen) atoms. The van der Waals surface area contributed by atoms with E-state index in [-0.39, 0.29) is 18.4 Å². The van der Waals surface area contributed by atoms with Crippen LogP contribution in [0.3, 0.4) is 0 Å². The number of hydrogen-bond acceptors (Lipinski definition) is 3. The molecule has 1 aliphatic rings. The third-order valence-electron chi connectivity index (χ3n) is 3.97. The van der Waals surface area contributed by atoms with E-state index in [1.54, 1.807) is 12.1 Å². The van der Waals surface area contributed by atoms with E-state index in [4.69, 9.17) is 0 Å². The molecule has 1 aliphatic heterocycles. The predicted molar refractivity (Wildman–Crippen MR) is 80.0 cm³/mol. The van der Waals surface area contributed by atoms with Gasteiger partial charge in [-0.1, -0.05) is 30.3 Å². The highest BCUT2D eigenvalue weighted by atomic mass is 16.4. The molecule has 1 saturated heterocycles. The van der Waals surface area contributed by atoms with Crippen LogP contribution in [0.25, 0.3) is 0 Å². The quantitative estimate of drug-likeness (QED) is 0.765. The van der Waals surface area contributed by atoms with Gasteiger partial charge in [-0.05, 0) is 31.9 Å². The number of carboxylic acid groups (broad SMARTS) is 1. The van der Waals surface area contributed by atoms with E-state index in [1.165, 1.54) is 0 Å². The number of amides is 1. The molecule has 2 rings (SSSR count). The number of aliphatic carboxylic acids is 1. The summed E-state index contributed by atoms with van der Waals surface area (Å²) in [5.74, 6) is -1.67. The molecular formula is C16H22N2O3. The summed E-state index contributed by atoms with van der Waals surface area (Å²) in [6.07, 6.45) is 1.61. The largest absolute Gasteiger partial charge is 0.481 e. The molecule has 5 nitrogen and oxygen atoms in total. The molecule has 3 unspecified atom stereocenters. The lowest BCUT2D eigenvalue weighted by Gasteiger charge is -2.27. The summed E-state index contributed by atoms with van der Waals surface area (Å²) in [5, 5.41) is 15.4. The van der Waals surface area contributed by atoms with Gasteiger partial charge in [0.15, 0.2) is 0 Å². The Bertz CT molecular complexity index is 490. The van der Waals surface area contributed by atoms with Crippen molar-refractivity contribution in [3.63, 3.8) is 0 Å². The topological polar surface area (TPSA) is 78.4 Å². The van der Waals surface area contributed by atoms with Gasteiger partial charge in [-0.15, -0.1) is 0 Å². The molecule has 0 aromatic heterocycles. The smallest absolute Gasteiger partial charge is 0.312 e. The van der Waals surface area contributed by atoms with Crippen LogP contribution in [0.4, 0.5) is 0 Å². The van der Waals surface area contributed by atoms with Crippen LogP contribution in [0.1, 0.15) is 31.2 Å². The molecule has 0 aliphatic carbocycles. The van der Waals surface area contributed by atoms with Crippen molar-refractivity contribution in [1.82, 2.24) is 10.6 Å². The Labute approximate surface area is 124 Å². The number of carbonyl (C=O) groups excluding carboxylic acids is 1. The lowest BCUT2D eigenvalue weighted by Crippen LogP contribution is -2.43. The highest BCUT2D eigenvalue weighted by Crippen LogP contribution is 2.18. The van der Waals surface area contributed by atoms with Gasteiger partial charge in [-0.2, -0.15) is 0 Å². The third kappa shape index (κ3) is 4.29. The van der Waals surface area contributed by atoms with Gasteiger partial charge in [0.25, 0.3) is 0 Å². The number of carbonyl (C=O) groups is 2. The normalized spacial score (nSPS) is 23.3. The van der Waals surface area contributed by atoms with Crippen LogP contribution >= 0.6 is 0 Å². The average molecular weight is 290 g/mol. The molecule has 1 amide bonds. The van der Waals surface area contributed by atoms with E-state index in [2.05, 4.69) is 17.6 Å². The number of piperidine rings is 1. The summed E-state index contributed by atoms with van der Waals surface area (Å²) in [6, 6.07) is 9.34. The monoisotopic (exact) mass is 290 g/mol. The first kappa shape index (κ1) is 15.5. The first-order valence-electron chi connectivity index (χ1n) is 7.36. The molecule has 3 N–H and O–H groups in total. The Morgan fingerprint density at radius 1 is 1.38 bits per heavy atom. The van der Waals surface area contributed by atoms with Crippen LogP contribution in [-0.2, 0) is 9.59 Å². The van der Waals surface area contributed by atoms with Gasteiger partial charge in [-0.3, -0.25) is 9.59 Å². The Balaban J connectivity index is 1.93. The molecule has 0 spiro atoms. The Morgan fingerprint density at radius 2 is 2.10 bits per heavy atom. The molecule has 0 bridgehead atoms. The van der Waals surface area contributed by atoms with Crippen molar-refractivity contribution >= 4 is 11.9 Å². The van der Waals surface area contributed by atoms with Crippen molar-refractivity contribution in [3.8, 4) is 0 Å². The summed E-state index contributed by atoms with van der Waals surface area (Å²) in [4.78, 5) is 23.5. The second-order valence-corrected chi connectivity index (χ2v) is 5.62. The van der Waals surface area contributed by atoms with Crippen LogP contribution in [0.15, 0.2) is 30.3 Å². The number of benzene rings is 1. The van der Waals surface area contributed by atoms with Crippen LogP contribution in [0, 0.1) is 5.92 Å². The minimum atomic E-state index is -0.917.